The lowest BCUT2D eigenvalue weighted by Crippen LogP contribution is -2.12. The molecule has 0 aromatic heterocycles. The number of amidine groups is 1. The molecule has 0 spiro atoms. The van der Waals surface area contributed by atoms with Gasteiger partial charge in [-0.3, -0.25) is 0 Å². The number of hydrogen-bond acceptors (Lipinski definition) is 5. The predicted molar refractivity (Wildman–Crippen MR) is 102 cm³/mol. The number of sulfonamides is 1. The van der Waals surface area contributed by atoms with E-state index in [1.165, 1.54) is 36.4 Å². The number of nitrogens with one attached hydrogen (secondary N) is 1. The summed E-state index contributed by atoms with van der Waals surface area (Å²) in [4.78, 5) is 12.2. The number of esters is 1. The van der Waals surface area contributed by atoms with Gasteiger partial charge in [-0.1, -0.05) is 24.3 Å². The number of carbonyl (C=O) groups is 1. The molecular weight excluding hydrogens is 383 g/mol. The molecule has 1 heterocycles. The number of hydrogen-bond donors (Lipinski definition) is 1. The fourth-order valence-electron chi connectivity index (χ4n) is 2.73. The summed E-state index contributed by atoms with van der Waals surface area (Å²) in [7, 11) is -3.71. The molecule has 0 fully saturated rings. The van der Waals surface area contributed by atoms with Crippen LogP contribution in [-0.4, -0.2) is 20.2 Å². The average molecular weight is 396 g/mol. The van der Waals surface area contributed by atoms with E-state index in [2.05, 4.69) is 9.71 Å². The van der Waals surface area contributed by atoms with Crippen LogP contribution in [0.25, 0.3) is 0 Å². The largest absolute Gasteiger partial charge is 0.423 e. The van der Waals surface area contributed by atoms with Gasteiger partial charge >= 0.3 is 5.97 Å². The van der Waals surface area contributed by atoms with Gasteiger partial charge in [0, 0.05) is 11.3 Å². The minimum absolute atomic E-state index is 0.146. The zero-order chi connectivity index (χ0) is 19.7. The number of benzene rings is 3. The van der Waals surface area contributed by atoms with Gasteiger partial charge in [0.2, 0.25) is 0 Å². The van der Waals surface area contributed by atoms with E-state index in [9.17, 15) is 17.6 Å². The first-order chi connectivity index (χ1) is 13.4. The number of nitrogens with zero attached hydrogens (tertiary/aromatic N) is 1. The van der Waals surface area contributed by atoms with Gasteiger partial charge in [0.1, 0.15) is 16.5 Å². The molecule has 0 amide bonds. The average Bonchev–Trinajstić information content (AvgIpc) is 2.94. The van der Waals surface area contributed by atoms with Crippen LogP contribution >= 0.6 is 0 Å². The first-order valence-electron chi connectivity index (χ1n) is 8.22. The van der Waals surface area contributed by atoms with Crippen molar-refractivity contribution in [3.8, 4) is 5.75 Å². The van der Waals surface area contributed by atoms with E-state index in [0.717, 1.165) is 0 Å². The van der Waals surface area contributed by atoms with E-state index in [0.29, 0.717) is 11.3 Å². The van der Waals surface area contributed by atoms with Crippen molar-refractivity contribution in [3.05, 3.63) is 89.7 Å². The second-order valence-corrected chi connectivity index (χ2v) is 7.50. The quantitative estimate of drug-likeness (QED) is 0.540. The van der Waals surface area contributed by atoms with Crippen molar-refractivity contribution < 1.29 is 22.3 Å². The van der Waals surface area contributed by atoms with Gasteiger partial charge in [-0.15, -0.1) is 4.40 Å². The molecule has 3 aromatic carbocycles. The van der Waals surface area contributed by atoms with Crippen LogP contribution in [0.2, 0.25) is 0 Å². The van der Waals surface area contributed by atoms with Crippen LogP contribution in [0, 0.1) is 5.82 Å². The number of rotatable bonds is 3. The van der Waals surface area contributed by atoms with Crippen LogP contribution in [0.15, 0.2) is 82.1 Å². The summed E-state index contributed by atoms with van der Waals surface area (Å²) in [5.41, 5.74) is 0.876. The number of ether oxygens (including phenoxy) is 1. The molecule has 8 heteroatoms. The number of halogens is 1. The molecule has 1 aliphatic heterocycles. The fourth-order valence-corrected chi connectivity index (χ4v) is 3.90. The highest BCUT2D eigenvalue weighted by atomic mass is 32.2. The topological polar surface area (TPSA) is 84.8 Å². The third-order valence-electron chi connectivity index (χ3n) is 4.05. The monoisotopic (exact) mass is 396 g/mol. The number of carbonyl (C=O) groups excluding carboxylic acids is 1. The lowest BCUT2D eigenvalue weighted by Gasteiger charge is -2.08. The van der Waals surface area contributed by atoms with Crippen molar-refractivity contribution in [3.63, 3.8) is 0 Å². The number of anilines is 1. The molecule has 28 heavy (non-hydrogen) atoms. The Morgan fingerprint density at radius 1 is 0.929 bits per heavy atom. The van der Waals surface area contributed by atoms with Crippen LogP contribution < -0.4 is 10.1 Å². The summed E-state index contributed by atoms with van der Waals surface area (Å²) in [5.74, 6) is -1.03. The van der Waals surface area contributed by atoms with Crippen molar-refractivity contribution in [2.75, 3.05) is 5.32 Å². The molecule has 0 radical (unpaired) electrons. The lowest BCUT2D eigenvalue weighted by molar-refractivity contribution is 0.0730. The van der Waals surface area contributed by atoms with Crippen molar-refractivity contribution in [2.45, 2.75) is 4.90 Å². The molecule has 0 aliphatic carbocycles. The van der Waals surface area contributed by atoms with Crippen molar-refractivity contribution in [1.29, 1.82) is 0 Å². The van der Waals surface area contributed by atoms with Crippen LogP contribution in [-0.2, 0) is 10.0 Å². The van der Waals surface area contributed by atoms with E-state index in [-0.39, 0.29) is 22.0 Å². The SMILES string of the molecule is O=C(Oc1ccc(NC2=NS(=O)(=O)c3ccccc32)cc1)c1ccccc1F. The maximum absolute atomic E-state index is 13.6. The predicted octanol–water partition coefficient (Wildman–Crippen LogP) is 3.61. The second kappa shape index (κ2) is 6.90. The highest BCUT2D eigenvalue weighted by Gasteiger charge is 2.28. The standard InChI is InChI=1S/C20H13FN2O4S/c21-17-7-3-1-5-15(17)20(24)27-14-11-9-13(10-12-14)22-19-16-6-2-4-8-18(16)28(25,26)23-19/h1-12H,(H,22,23). The zero-order valence-electron chi connectivity index (χ0n) is 14.3. The van der Waals surface area contributed by atoms with E-state index in [1.54, 1.807) is 36.4 Å². The van der Waals surface area contributed by atoms with E-state index in [4.69, 9.17) is 4.74 Å². The van der Waals surface area contributed by atoms with Crippen LogP contribution in [0.5, 0.6) is 5.75 Å². The first-order valence-corrected chi connectivity index (χ1v) is 9.66. The van der Waals surface area contributed by atoms with Gasteiger partial charge in [-0.25, -0.2) is 9.18 Å². The molecule has 0 atom stereocenters. The normalized spacial score (nSPS) is 14.1. The molecule has 0 saturated carbocycles. The Kier molecular flexibility index (Phi) is 4.40. The Morgan fingerprint density at radius 3 is 2.36 bits per heavy atom. The molecule has 0 unspecified atom stereocenters. The van der Waals surface area contributed by atoms with Crippen molar-refractivity contribution in [2.24, 2.45) is 4.40 Å². The van der Waals surface area contributed by atoms with Gasteiger partial charge in [0.15, 0.2) is 5.84 Å². The van der Waals surface area contributed by atoms with Gasteiger partial charge in [-0.2, -0.15) is 8.42 Å². The molecular formula is C20H13FN2O4S. The summed E-state index contributed by atoms with van der Waals surface area (Å²) in [6.07, 6.45) is 0. The molecule has 4 rings (SSSR count). The van der Waals surface area contributed by atoms with Crippen LogP contribution in [0.3, 0.4) is 0 Å². The van der Waals surface area contributed by atoms with Crippen LogP contribution in [0.4, 0.5) is 10.1 Å². The summed E-state index contributed by atoms with van der Waals surface area (Å²) in [5, 5.41) is 2.94. The lowest BCUT2D eigenvalue weighted by atomic mass is 10.2. The van der Waals surface area contributed by atoms with Crippen molar-refractivity contribution in [1.82, 2.24) is 0 Å². The van der Waals surface area contributed by atoms with E-state index in [1.807, 2.05) is 0 Å². The third kappa shape index (κ3) is 3.37. The molecule has 3 aromatic rings. The van der Waals surface area contributed by atoms with Crippen LogP contribution in [0.1, 0.15) is 15.9 Å². The third-order valence-corrected chi connectivity index (χ3v) is 5.39. The molecule has 1 N–H and O–H groups in total. The second-order valence-electron chi connectivity index (χ2n) is 5.93. The highest BCUT2D eigenvalue weighted by Crippen LogP contribution is 2.27. The van der Waals surface area contributed by atoms with Gasteiger partial charge in [0.25, 0.3) is 10.0 Å². The molecule has 140 valence electrons. The molecule has 6 nitrogen and oxygen atoms in total. The summed E-state index contributed by atoms with van der Waals surface area (Å²) < 4.78 is 46.7. The zero-order valence-corrected chi connectivity index (χ0v) is 15.1. The van der Waals surface area contributed by atoms with E-state index < -0.39 is 21.8 Å². The summed E-state index contributed by atoms with van der Waals surface area (Å²) >= 11 is 0. The number of fused-ring (bicyclic) bond motifs is 1. The highest BCUT2D eigenvalue weighted by molar-refractivity contribution is 7.90. The first kappa shape index (κ1) is 17.9. The molecule has 1 aliphatic rings. The fraction of sp³-hybridized carbons (Fsp3) is 0. The van der Waals surface area contributed by atoms with Gasteiger partial charge in [-0.05, 0) is 48.5 Å². The minimum Gasteiger partial charge on any atom is -0.423 e. The Balaban J connectivity index is 1.51. The van der Waals surface area contributed by atoms with Crippen molar-refractivity contribution >= 4 is 27.5 Å². The maximum Gasteiger partial charge on any atom is 0.346 e. The van der Waals surface area contributed by atoms with Gasteiger partial charge < -0.3 is 10.1 Å². The Morgan fingerprint density at radius 2 is 1.61 bits per heavy atom. The maximum atomic E-state index is 13.6. The van der Waals surface area contributed by atoms with E-state index >= 15 is 0 Å². The van der Waals surface area contributed by atoms with Gasteiger partial charge in [0.05, 0.1) is 5.56 Å². The Labute approximate surface area is 160 Å². The summed E-state index contributed by atoms with van der Waals surface area (Å²) in [6, 6.07) is 18.3. The Hall–Kier alpha value is -3.52. The Bertz CT molecular complexity index is 1200. The summed E-state index contributed by atoms with van der Waals surface area (Å²) in [6.45, 7) is 0. The minimum atomic E-state index is -3.71. The smallest absolute Gasteiger partial charge is 0.346 e. The molecule has 0 saturated heterocycles. The molecule has 0 bridgehead atoms.